The van der Waals surface area contributed by atoms with Crippen molar-refractivity contribution in [1.82, 2.24) is 10.3 Å². The van der Waals surface area contributed by atoms with E-state index >= 15 is 0 Å². The normalized spacial score (nSPS) is 19.2. The Morgan fingerprint density at radius 3 is 2.96 bits per heavy atom. The van der Waals surface area contributed by atoms with Crippen LogP contribution in [0.3, 0.4) is 0 Å². The van der Waals surface area contributed by atoms with Crippen molar-refractivity contribution < 1.29 is 23.4 Å². The average molecular weight is 361 g/mol. The fraction of sp³-hybridized carbons (Fsp3) is 0.333. The number of rotatable bonds is 6. The highest BCUT2D eigenvalue weighted by molar-refractivity contribution is 5.90. The molecule has 3 rings (SSSR count). The lowest BCUT2D eigenvalue weighted by molar-refractivity contribution is 0.0428. The average Bonchev–Trinajstić information content (AvgIpc) is 3.06. The van der Waals surface area contributed by atoms with Crippen molar-refractivity contribution in [3.63, 3.8) is 0 Å². The van der Waals surface area contributed by atoms with Crippen LogP contribution in [-0.4, -0.2) is 43.0 Å². The van der Waals surface area contributed by atoms with Gasteiger partial charge < -0.3 is 24.8 Å². The predicted molar refractivity (Wildman–Crippen MR) is 92.9 cm³/mol. The Bertz CT molecular complexity index is 759. The molecule has 26 heavy (non-hydrogen) atoms. The summed E-state index contributed by atoms with van der Waals surface area (Å²) in [6, 6.07) is 8.54. The van der Waals surface area contributed by atoms with E-state index in [2.05, 4.69) is 15.6 Å². The summed E-state index contributed by atoms with van der Waals surface area (Å²) in [6.07, 6.45) is 1.31. The monoisotopic (exact) mass is 361 g/mol. The van der Waals surface area contributed by atoms with E-state index in [4.69, 9.17) is 14.2 Å². The van der Waals surface area contributed by atoms with E-state index in [0.29, 0.717) is 25.5 Å². The number of benzene rings is 1. The van der Waals surface area contributed by atoms with Crippen LogP contribution in [0.15, 0.2) is 42.6 Å². The molecule has 2 atom stereocenters. The molecule has 0 bridgehead atoms. The van der Waals surface area contributed by atoms with E-state index in [1.807, 2.05) is 6.92 Å². The lowest BCUT2D eigenvalue weighted by Crippen LogP contribution is -2.45. The molecule has 2 N–H and O–H groups in total. The first-order valence-corrected chi connectivity index (χ1v) is 8.31. The third kappa shape index (κ3) is 4.47. The number of carbonyl (C=O) groups is 1. The van der Waals surface area contributed by atoms with Crippen LogP contribution in [0.4, 0.5) is 14.9 Å². The molecule has 8 heteroatoms. The van der Waals surface area contributed by atoms with Gasteiger partial charge in [-0.25, -0.2) is 14.2 Å². The first-order valence-electron chi connectivity index (χ1n) is 8.31. The molecule has 2 amide bonds. The van der Waals surface area contributed by atoms with Crippen molar-refractivity contribution in [3.05, 3.63) is 48.4 Å². The number of halogens is 1. The van der Waals surface area contributed by atoms with Gasteiger partial charge in [0.2, 0.25) is 5.88 Å². The van der Waals surface area contributed by atoms with Gasteiger partial charge in [0.05, 0.1) is 19.3 Å². The molecule has 2 aromatic rings. The van der Waals surface area contributed by atoms with Crippen LogP contribution in [0.2, 0.25) is 0 Å². The molecule has 1 saturated heterocycles. The second kappa shape index (κ2) is 8.59. The minimum Gasteiger partial charge on any atom is -0.434 e. The number of aromatic nitrogens is 1. The van der Waals surface area contributed by atoms with E-state index < -0.39 is 11.8 Å². The number of urea groups is 1. The maximum Gasteiger partial charge on any atom is 0.319 e. The van der Waals surface area contributed by atoms with Crippen molar-refractivity contribution in [3.8, 4) is 11.6 Å². The lowest BCUT2D eigenvalue weighted by atomic mass is 10.2. The smallest absolute Gasteiger partial charge is 0.319 e. The molecule has 7 nitrogen and oxygen atoms in total. The van der Waals surface area contributed by atoms with E-state index in [1.165, 1.54) is 18.3 Å². The van der Waals surface area contributed by atoms with Crippen molar-refractivity contribution in [2.24, 2.45) is 0 Å². The van der Waals surface area contributed by atoms with Crippen LogP contribution in [0.5, 0.6) is 11.6 Å². The Hall–Kier alpha value is -2.71. The van der Waals surface area contributed by atoms with Gasteiger partial charge in [-0.15, -0.1) is 0 Å². The maximum atomic E-state index is 13.8. The van der Waals surface area contributed by atoms with Gasteiger partial charge in [-0.05, 0) is 31.2 Å². The molecule has 0 spiro atoms. The zero-order valence-electron chi connectivity index (χ0n) is 14.3. The Morgan fingerprint density at radius 1 is 1.31 bits per heavy atom. The molecule has 1 fully saturated rings. The Labute approximate surface area is 150 Å². The number of pyridine rings is 1. The molecule has 1 aromatic carbocycles. The summed E-state index contributed by atoms with van der Waals surface area (Å²) in [5.74, 6) is -0.400. The van der Waals surface area contributed by atoms with Gasteiger partial charge in [0.25, 0.3) is 0 Å². The molecule has 1 aliphatic rings. The number of nitrogens with one attached hydrogen (secondary N) is 2. The highest BCUT2D eigenvalue weighted by Crippen LogP contribution is 2.28. The summed E-state index contributed by atoms with van der Waals surface area (Å²) in [5.41, 5.74) is 0.320. The predicted octanol–water partition coefficient (Wildman–Crippen LogP) is 2.94. The number of para-hydroxylation sites is 1. The van der Waals surface area contributed by atoms with Gasteiger partial charge >= 0.3 is 6.03 Å². The van der Waals surface area contributed by atoms with Gasteiger partial charge in [-0.2, -0.15) is 0 Å². The third-order valence-electron chi connectivity index (χ3n) is 3.79. The number of ether oxygens (including phenoxy) is 3. The molecule has 138 valence electrons. The largest absolute Gasteiger partial charge is 0.434 e. The van der Waals surface area contributed by atoms with Gasteiger partial charge in [-0.1, -0.05) is 12.1 Å². The number of hydrogen-bond acceptors (Lipinski definition) is 5. The van der Waals surface area contributed by atoms with E-state index in [1.54, 1.807) is 24.3 Å². The molecule has 0 saturated carbocycles. The molecule has 1 aromatic heterocycles. The number of carbonyl (C=O) groups excluding carboxylic acids is 1. The van der Waals surface area contributed by atoms with E-state index in [0.717, 1.165) is 0 Å². The fourth-order valence-electron chi connectivity index (χ4n) is 2.57. The molecule has 0 aliphatic carbocycles. The van der Waals surface area contributed by atoms with Gasteiger partial charge in [-0.3, -0.25) is 0 Å². The Morgan fingerprint density at radius 2 is 2.15 bits per heavy atom. The number of nitrogens with zero attached hydrogens (tertiary/aromatic N) is 1. The summed E-state index contributed by atoms with van der Waals surface area (Å²) in [7, 11) is 0. The fourth-order valence-corrected chi connectivity index (χ4v) is 2.57. The first kappa shape index (κ1) is 18.1. The van der Waals surface area contributed by atoms with E-state index in [-0.39, 0.29) is 23.8 Å². The Kier molecular flexibility index (Phi) is 5.98. The summed E-state index contributed by atoms with van der Waals surface area (Å²) in [4.78, 5) is 16.4. The van der Waals surface area contributed by atoms with Gasteiger partial charge in [0, 0.05) is 12.8 Å². The number of amides is 2. The van der Waals surface area contributed by atoms with Crippen LogP contribution in [0.25, 0.3) is 0 Å². The lowest BCUT2D eigenvalue weighted by Gasteiger charge is -2.19. The van der Waals surface area contributed by atoms with Crippen LogP contribution >= 0.6 is 0 Å². The zero-order chi connectivity index (χ0) is 18.4. The minimum absolute atomic E-state index is 0.0234. The summed E-state index contributed by atoms with van der Waals surface area (Å²) < 4.78 is 30.1. The standard InChI is InChI=1S/C18H20FN3O4/c1-2-25-16-11-24-10-14(16)22-18(23)21-13-7-5-9-20-17(13)26-15-8-4-3-6-12(15)19/h3-9,14,16H,2,10-11H2,1H3,(H2,21,22,23)/t14-,16-/m1/s1. The molecule has 0 unspecified atom stereocenters. The van der Waals surface area contributed by atoms with Crippen molar-refractivity contribution in [1.29, 1.82) is 0 Å². The molecule has 1 aliphatic heterocycles. The highest BCUT2D eigenvalue weighted by Gasteiger charge is 2.30. The third-order valence-corrected chi connectivity index (χ3v) is 3.79. The number of hydrogen-bond donors (Lipinski definition) is 2. The van der Waals surface area contributed by atoms with Crippen molar-refractivity contribution >= 4 is 11.7 Å². The first-order chi connectivity index (χ1) is 12.7. The SMILES string of the molecule is CCO[C@@H]1COC[C@H]1NC(=O)Nc1cccnc1Oc1ccccc1F. The van der Waals surface area contributed by atoms with Crippen molar-refractivity contribution in [2.45, 2.75) is 19.1 Å². The van der Waals surface area contributed by atoms with Crippen LogP contribution in [0, 0.1) is 5.82 Å². The maximum absolute atomic E-state index is 13.8. The molecular formula is C18H20FN3O4. The second-order valence-electron chi connectivity index (χ2n) is 5.62. The van der Waals surface area contributed by atoms with E-state index in [9.17, 15) is 9.18 Å². The Balaban J connectivity index is 1.66. The van der Waals surface area contributed by atoms with Gasteiger partial charge in [0.1, 0.15) is 11.8 Å². The van der Waals surface area contributed by atoms with Crippen LogP contribution in [0.1, 0.15) is 6.92 Å². The molecule has 0 radical (unpaired) electrons. The highest BCUT2D eigenvalue weighted by atomic mass is 19.1. The summed E-state index contributed by atoms with van der Waals surface area (Å²) in [5, 5.41) is 5.48. The topological polar surface area (TPSA) is 81.7 Å². The molecular weight excluding hydrogens is 341 g/mol. The van der Waals surface area contributed by atoms with Crippen molar-refractivity contribution in [2.75, 3.05) is 25.1 Å². The zero-order valence-corrected chi connectivity index (χ0v) is 14.3. The number of anilines is 1. The van der Waals surface area contributed by atoms with Crippen LogP contribution in [-0.2, 0) is 9.47 Å². The summed E-state index contributed by atoms with van der Waals surface area (Å²) in [6.45, 7) is 3.24. The minimum atomic E-state index is -0.517. The molecule has 2 heterocycles. The quantitative estimate of drug-likeness (QED) is 0.827. The second-order valence-corrected chi connectivity index (χ2v) is 5.62. The van der Waals surface area contributed by atoms with Gasteiger partial charge in [0.15, 0.2) is 11.6 Å². The van der Waals surface area contributed by atoms with Crippen LogP contribution < -0.4 is 15.4 Å². The summed E-state index contributed by atoms with van der Waals surface area (Å²) >= 11 is 0.